The van der Waals surface area contributed by atoms with Gasteiger partial charge in [0.05, 0.1) is 17.7 Å². The minimum absolute atomic E-state index is 0.0985. The molecule has 162 valence electrons. The maximum atomic E-state index is 12.9. The van der Waals surface area contributed by atoms with E-state index in [0.717, 1.165) is 0 Å². The molecular weight excluding hydrogens is 454 g/mol. The van der Waals surface area contributed by atoms with Crippen molar-refractivity contribution in [3.63, 3.8) is 0 Å². The summed E-state index contributed by atoms with van der Waals surface area (Å²) in [5.41, 5.74) is -0.129. The topological polar surface area (TPSA) is 103 Å². The third kappa shape index (κ3) is 4.10. The first-order valence-electron chi connectivity index (χ1n) is 9.32. The lowest BCUT2D eigenvalue weighted by Gasteiger charge is -2.10. The number of hydrogen-bond donors (Lipinski definition) is 1. The molecule has 4 rings (SSSR count). The molecule has 0 spiro atoms. The zero-order valence-corrected chi connectivity index (χ0v) is 18.2. The Morgan fingerprint density at radius 2 is 1.72 bits per heavy atom. The number of carbonyl (C=O) groups excluding carboxylic acids is 1. The van der Waals surface area contributed by atoms with Crippen LogP contribution < -0.4 is 15.7 Å². The SMILES string of the molecule is COc1ccccc1NC(=O)c1ccc2oc(=O)c(S(=O)(=O)c3ccc(Cl)cc3)cc2c1. The van der Waals surface area contributed by atoms with Gasteiger partial charge in [-0.25, -0.2) is 13.2 Å². The van der Waals surface area contributed by atoms with Crippen LogP contribution in [0.15, 0.2) is 91.8 Å². The van der Waals surface area contributed by atoms with Crippen molar-refractivity contribution >= 4 is 44.0 Å². The molecule has 0 bridgehead atoms. The first-order valence-corrected chi connectivity index (χ1v) is 11.2. The molecule has 1 aromatic heterocycles. The van der Waals surface area contributed by atoms with Crippen LogP contribution in [0.1, 0.15) is 10.4 Å². The van der Waals surface area contributed by atoms with Crippen molar-refractivity contribution in [3.05, 3.63) is 93.8 Å². The van der Waals surface area contributed by atoms with Crippen LogP contribution in [0.4, 0.5) is 5.69 Å². The first kappa shape index (κ1) is 21.6. The number of benzene rings is 3. The predicted molar refractivity (Wildman–Crippen MR) is 120 cm³/mol. The van der Waals surface area contributed by atoms with E-state index in [9.17, 15) is 18.0 Å². The molecule has 7 nitrogen and oxygen atoms in total. The molecular formula is C23H16ClNO6S. The molecule has 0 saturated heterocycles. The number of para-hydroxylation sites is 2. The summed E-state index contributed by atoms with van der Waals surface area (Å²) < 4.78 is 36.3. The highest BCUT2D eigenvalue weighted by Crippen LogP contribution is 2.26. The summed E-state index contributed by atoms with van der Waals surface area (Å²) in [5.74, 6) is 0.0497. The Kier molecular flexibility index (Phi) is 5.73. The Bertz CT molecular complexity index is 1490. The van der Waals surface area contributed by atoms with Crippen LogP contribution in [0, 0.1) is 0 Å². The Morgan fingerprint density at radius 3 is 2.44 bits per heavy atom. The second kappa shape index (κ2) is 8.49. The van der Waals surface area contributed by atoms with Gasteiger partial charge >= 0.3 is 5.63 Å². The Balaban J connectivity index is 1.74. The molecule has 1 N–H and O–H groups in total. The fourth-order valence-electron chi connectivity index (χ4n) is 3.12. The van der Waals surface area contributed by atoms with Crippen LogP contribution in [0.5, 0.6) is 5.75 Å². The monoisotopic (exact) mass is 469 g/mol. The van der Waals surface area contributed by atoms with Crippen molar-refractivity contribution < 1.29 is 22.4 Å². The van der Waals surface area contributed by atoms with Crippen molar-refractivity contribution in [2.45, 2.75) is 9.79 Å². The summed E-state index contributed by atoms with van der Waals surface area (Å²) in [6.07, 6.45) is 0. The highest BCUT2D eigenvalue weighted by Gasteiger charge is 2.23. The number of sulfone groups is 1. The number of ether oxygens (including phenoxy) is 1. The number of anilines is 1. The van der Waals surface area contributed by atoms with Crippen LogP contribution >= 0.6 is 11.6 Å². The first-order chi connectivity index (χ1) is 15.3. The quantitative estimate of drug-likeness (QED) is 0.430. The number of rotatable bonds is 5. The molecule has 0 aliphatic rings. The molecule has 0 aliphatic heterocycles. The van der Waals surface area contributed by atoms with Gasteiger partial charge in [-0.05, 0) is 60.7 Å². The van der Waals surface area contributed by atoms with Gasteiger partial charge in [0.15, 0.2) is 4.90 Å². The van der Waals surface area contributed by atoms with Gasteiger partial charge in [0.1, 0.15) is 11.3 Å². The molecule has 0 unspecified atom stereocenters. The highest BCUT2D eigenvalue weighted by atomic mass is 35.5. The van der Waals surface area contributed by atoms with Gasteiger partial charge in [-0.1, -0.05) is 23.7 Å². The van der Waals surface area contributed by atoms with Crippen LogP contribution in [-0.4, -0.2) is 21.4 Å². The van der Waals surface area contributed by atoms with Crippen molar-refractivity contribution in [1.29, 1.82) is 0 Å². The Labute approximate surface area is 188 Å². The van der Waals surface area contributed by atoms with E-state index < -0.39 is 26.3 Å². The maximum Gasteiger partial charge on any atom is 0.355 e. The average molecular weight is 470 g/mol. The van der Waals surface area contributed by atoms with Gasteiger partial charge in [-0.2, -0.15) is 0 Å². The largest absolute Gasteiger partial charge is 0.495 e. The van der Waals surface area contributed by atoms with Crippen LogP contribution in [-0.2, 0) is 9.84 Å². The van der Waals surface area contributed by atoms with Gasteiger partial charge < -0.3 is 14.5 Å². The number of hydrogen-bond acceptors (Lipinski definition) is 6. The fraction of sp³-hybridized carbons (Fsp3) is 0.0435. The van der Waals surface area contributed by atoms with Crippen molar-refractivity contribution in [2.24, 2.45) is 0 Å². The minimum Gasteiger partial charge on any atom is -0.495 e. The summed E-state index contributed by atoms with van der Waals surface area (Å²) in [5, 5.41) is 3.39. The standard InChI is InChI=1S/C23H16ClNO6S/c1-30-20-5-3-2-4-18(20)25-22(26)14-6-11-19-15(12-14)13-21(23(27)31-19)32(28,29)17-9-7-16(24)8-10-17/h2-13H,1H3,(H,25,26). The summed E-state index contributed by atoms with van der Waals surface area (Å²) in [4.78, 5) is 24.5. The number of halogens is 1. The molecule has 0 radical (unpaired) electrons. The van der Waals surface area contributed by atoms with Crippen molar-refractivity contribution in [1.82, 2.24) is 0 Å². The van der Waals surface area contributed by atoms with E-state index in [1.54, 1.807) is 24.3 Å². The second-order valence-corrected chi connectivity index (χ2v) is 9.12. The van der Waals surface area contributed by atoms with E-state index in [0.29, 0.717) is 16.5 Å². The molecule has 0 fully saturated rings. The normalized spacial score (nSPS) is 11.3. The minimum atomic E-state index is -4.15. The lowest BCUT2D eigenvalue weighted by molar-refractivity contribution is 0.102. The average Bonchev–Trinajstić information content (AvgIpc) is 2.79. The van der Waals surface area contributed by atoms with E-state index in [2.05, 4.69) is 5.32 Å². The maximum absolute atomic E-state index is 12.9. The van der Waals surface area contributed by atoms with Crippen LogP contribution in [0.2, 0.25) is 5.02 Å². The molecule has 3 aromatic carbocycles. The summed E-state index contributed by atoms with van der Waals surface area (Å²) in [6, 6.07) is 17.9. The molecule has 1 heterocycles. The number of methoxy groups -OCH3 is 1. The molecule has 1 amide bonds. The van der Waals surface area contributed by atoms with E-state index in [1.165, 1.54) is 55.6 Å². The van der Waals surface area contributed by atoms with E-state index >= 15 is 0 Å². The third-order valence-corrected chi connectivity index (χ3v) is 6.74. The van der Waals surface area contributed by atoms with Gasteiger partial charge in [-0.3, -0.25) is 4.79 Å². The number of amides is 1. The van der Waals surface area contributed by atoms with Gasteiger partial charge in [-0.15, -0.1) is 0 Å². The zero-order valence-electron chi connectivity index (χ0n) is 16.7. The van der Waals surface area contributed by atoms with E-state index in [1.807, 2.05) is 0 Å². The van der Waals surface area contributed by atoms with Gasteiger partial charge in [0.2, 0.25) is 9.84 Å². The molecule has 0 aliphatic carbocycles. The molecule has 4 aromatic rings. The number of nitrogens with one attached hydrogen (secondary N) is 1. The van der Waals surface area contributed by atoms with Crippen LogP contribution in [0.25, 0.3) is 11.0 Å². The molecule has 0 atom stereocenters. The lowest BCUT2D eigenvalue weighted by Crippen LogP contribution is -2.15. The van der Waals surface area contributed by atoms with E-state index in [-0.39, 0.29) is 21.4 Å². The third-order valence-electron chi connectivity index (χ3n) is 4.73. The smallest absolute Gasteiger partial charge is 0.355 e. The van der Waals surface area contributed by atoms with Crippen molar-refractivity contribution in [3.8, 4) is 5.75 Å². The highest BCUT2D eigenvalue weighted by molar-refractivity contribution is 7.91. The van der Waals surface area contributed by atoms with Crippen molar-refractivity contribution in [2.75, 3.05) is 12.4 Å². The summed E-state index contributed by atoms with van der Waals surface area (Å²) in [7, 11) is -2.66. The Morgan fingerprint density at radius 1 is 1.00 bits per heavy atom. The molecule has 32 heavy (non-hydrogen) atoms. The number of carbonyl (C=O) groups is 1. The van der Waals surface area contributed by atoms with Crippen LogP contribution in [0.3, 0.4) is 0 Å². The number of fused-ring (bicyclic) bond motifs is 1. The molecule has 9 heteroatoms. The summed E-state index contributed by atoms with van der Waals surface area (Å²) >= 11 is 5.82. The summed E-state index contributed by atoms with van der Waals surface area (Å²) in [6.45, 7) is 0. The van der Waals surface area contributed by atoms with E-state index in [4.69, 9.17) is 20.8 Å². The fourth-order valence-corrected chi connectivity index (χ4v) is 4.53. The van der Waals surface area contributed by atoms with Gasteiger partial charge in [0.25, 0.3) is 5.91 Å². The Hall–Kier alpha value is -3.62. The lowest BCUT2D eigenvalue weighted by atomic mass is 10.1. The predicted octanol–water partition coefficient (Wildman–Crippen LogP) is 4.54. The van der Waals surface area contributed by atoms with Gasteiger partial charge in [0, 0.05) is 16.0 Å². The molecule has 0 saturated carbocycles. The second-order valence-electron chi connectivity index (χ2n) is 6.76. The zero-order chi connectivity index (χ0) is 22.9.